The molecule has 0 radical (unpaired) electrons. The molecule has 2 fully saturated rings. The molecule has 4 heterocycles. The molecule has 0 aliphatic carbocycles. The predicted octanol–water partition coefficient (Wildman–Crippen LogP) is 6.21. The van der Waals surface area contributed by atoms with E-state index in [1.165, 1.54) is 35.2 Å². The first kappa shape index (κ1) is 31.9. The highest BCUT2D eigenvalue weighted by atomic mass is 19.4. The summed E-state index contributed by atoms with van der Waals surface area (Å²) in [6, 6.07) is 9.80. The van der Waals surface area contributed by atoms with Crippen LogP contribution in [0.5, 0.6) is 5.75 Å². The van der Waals surface area contributed by atoms with E-state index in [-0.39, 0.29) is 59.4 Å². The smallest absolute Gasteiger partial charge is 0.420 e. The number of hydrogen-bond donors (Lipinski definition) is 3. The first-order valence-corrected chi connectivity index (χ1v) is 14.3. The van der Waals surface area contributed by atoms with Crippen LogP contribution in [0, 0.1) is 23.3 Å². The first-order chi connectivity index (χ1) is 22.4. The molecule has 47 heavy (non-hydrogen) atoms. The Morgan fingerprint density at radius 1 is 0.851 bits per heavy atom. The maximum absolute atomic E-state index is 13.8. The van der Waals surface area contributed by atoms with Crippen molar-refractivity contribution in [2.75, 3.05) is 36.8 Å². The summed E-state index contributed by atoms with van der Waals surface area (Å²) in [6.45, 7) is 2.16. The number of carbonyl (C=O) groups is 1. The maximum atomic E-state index is 13.8. The Bertz CT molecular complexity index is 1910. The van der Waals surface area contributed by atoms with Crippen LogP contribution in [-0.4, -0.2) is 65.4 Å². The lowest BCUT2D eigenvalue weighted by Gasteiger charge is -2.19. The molecule has 17 heteroatoms. The Balaban J connectivity index is 0.000000191. The molecular formula is C30H25F7N6O4. The highest BCUT2D eigenvalue weighted by molar-refractivity contribution is 5.97. The number of amides is 1. The van der Waals surface area contributed by atoms with Crippen molar-refractivity contribution in [1.82, 2.24) is 20.2 Å². The number of rotatable bonds is 6. The van der Waals surface area contributed by atoms with Crippen LogP contribution in [0.2, 0.25) is 0 Å². The van der Waals surface area contributed by atoms with Crippen LogP contribution in [0.25, 0.3) is 22.2 Å². The third-order valence-corrected chi connectivity index (χ3v) is 7.43. The van der Waals surface area contributed by atoms with E-state index in [1.807, 2.05) is 0 Å². The first-order valence-electron chi connectivity index (χ1n) is 14.3. The topological polar surface area (TPSA) is 118 Å². The summed E-state index contributed by atoms with van der Waals surface area (Å²) in [5, 5.41) is 9.12. The van der Waals surface area contributed by atoms with Crippen molar-refractivity contribution in [2.24, 2.45) is 0 Å². The number of hydrogen-bond acceptors (Lipinski definition) is 9. The highest BCUT2D eigenvalue weighted by Gasteiger charge is 2.35. The average molecular weight is 667 g/mol. The number of likely N-dealkylation sites (tertiary alicyclic amines) is 1. The van der Waals surface area contributed by atoms with Crippen molar-refractivity contribution in [2.45, 2.75) is 31.3 Å². The second-order valence-electron chi connectivity index (χ2n) is 10.7. The molecule has 1 amide bonds. The lowest BCUT2D eigenvalue weighted by atomic mass is 10.2. The molecule has 2 saturated heterocycles. The van der Waals surface area contributed by atoms with Crippen LogP contribution >= 0.6 is 0 Å². The van der Waals surface area contributed by atoms with Crippen molar-refractivity contribution in [3.05, 3.63) is 77.4 Å². The quantitative estimate of drug-likeness (QED) is 0.182. The molecule has 5 aromatic rings. The van der Waals surface area contributed by atoms with E-state index in [0.717, 1.165) is 37.7 Å². The van der Waals surface area contributed by atoms with Crippen LogP contribution < -0.4 is 20.7 Å². The molecule has 3 aromatic carbocycles. The number of alkyl halides is 3. The van der Waals surface area contributed by atoms with Gasteiger partial charge in [-0.3, -0.25) is 4.79 Å². The molecule has 0 bridgehead atoms. The number of anilines is 2. The molecule has 2 aliphatic heterocycles. The highest BCUT2D eigenvalue weighted by Crippen LogP contribution is 2.30. The van der Waals surface area contributed by atoms with Gasteiger partial charge in [-0.15, -0.1) is 13.2 Å². The van der Waals surface area contributed by atoms with Gasteiger partial charge >= 0.3 is 6.36 Å². The predicted molar refractivity (Wildman–Crippen MR) is 154 cm³/mol. The second-order valence-corrected chi connectivity index (χ2v) is 10.7. The number of para-hydroxylation sites is 1. The standard InChI is InChI=1S/C19H14F5N3O3.C11H11F2N3O/c20-12-5-6-13-16(15(12)21)29-18(26-13)25-10-7-8-27(9-10)17(28)11-3-1-2-4-14(11)30-19(22,23)24;12-7-1-2-8-10(9(7)13)17-11(16-8)15-6-3-4-14-5-6/h1-6,10H,7-9H2,(H,25,26);1-2,6,14H,3-5H2,(H,15,16)/t10-;6-/m11/s1. The van der Waals surface area contributed by atoms with Crippen molar-refractivity contribution in [3.8, 4) is 5.75 Å². The van der Waals surface area contributed by atoms with Gasteiger partial charge in [0.25, 0.3) is 17.9 Å². The van der Waals surface area contributed by atoms with Gasteiger partial charge in [0.15, 0.2) is 22.8 Å². The largest absolute Gasteiger partial charge is 0.573 e. The summed E-state index contributed by atoms with van der Waals surface area (Å²) in [7, 11) is 0. The molecule has 0 spiro atoms. The van der Waals surface area contributed by atoms with E-state index in [2.05, 4.69) is 30.7 Å². The second kappa shape index (κ2) is 13.0. The van der Waals surface area contributed by atoms with E-state index in [4.69, 9.17) is 8.83 Å². The number of halogens is 7. The Morgan fingerprint density at radius 2 is 1.45 bits per heavy atom. The summed E-state index contributed by atoms with van der Waals surface area (Å²) < 4.78 is 105. The van der Waals surface area contributed by atoms with Crippen molar-refractivity contribution < 1.29 is 49.1 Å². The van der Waals surface area contributed by atoms with Crippen LogP contribution in [0.1, 0.15) is 23.2 Å². The average Bonchev–Trinajstić information content (AvgIpc) is 3.85. The molecular weight excluding hydrogens is 641 g/mol. The fourth-order valence-corrected chi connectivity index (χ4v) is 5.21. The van der Waals surface area contributed by atoms with Gasteiger partial charge in [-0.2, -0.15) is 18.7 Å². The number of carbonyl (C=O) groups excluding carboxylic acids is 1. The third kappa shape index (κ3) is 7.19. The number of nitrogens with zero attached hydrogens (tertiary/aromatic N) is 3. The summed E-state index contributed by atoms with van der Waals surface area (Å²) in [5.41, 5.74) is -0.243. The van der Waals surface area contributed by atoms with Crippen molar-refractivity contribution in [1.29, 1.82) is 0 Å². The monoisotopic (exact) mass is 666 g/mol. The van der Waals surface area contributed by atoms with Crippen molar-refractivity contribution >= 4 is 40.1 Å². The van der Waals surface area contributed by atoms with Gasteiger partial charge in [-0.1, -0.05) is 12.1 Å². The summed E-state index contributed by atoms with van der Waals surface area (Å²) >= 11 is 0. The Kier molecular flexibility index (Phi) is 8.81. The summed E-state index contributed by atoms with van der Waals surface area (Å²) in [4.78, 5) is 22.1. The van der Waals surface area contributed by atoms with Crippen LogP contribution in [0.3, 0.4) is 0 Å². The lowest BCUT2D eigenvalue weighted by molar-refractivity contribution is -0.274. The van der Waals surface area contributed by atoms with E-state index in [9.17, 15) is 35.5 Å². The fourth-order valence-electron chi connectivity index (χ4n) is 5.21. The Morgan fingerprint density at radius 3 is 2.02 bits per heavy atom. The number of oxazole rings is 2. The molecule has 7 rings (SSSR count). The lowest BCUT2D eigenvalue weighted by Crippen LogP contribution is -2.32. The zero-order valence-electron chi connectivity index (χ0n) is 24.1. The molecule has 10 nitrogen and oxygen atoms in total. The van der Waals surface area contributed by atoms with Gasteiger partial charge in [0.2, 0.25) is 11.6 Å². The van der Waals surface area contributed by atoms with E-state index >= 15 is 0 Å². The number of fused-ring (bicyclic) bond motifs is 2. The van der Waals surface area contributed by atoms with Crippen LogP contribution in [-0.2, 0) is 0 Å². The number of nitrogens with one attached hydrogen (secondary N) is 3. The zero-order chi connectivity index (χ0) is 33.3. The molecule has 3 N–H and O–H groups in total. The van der Waals surface area contributed by atoms with Gasteiger partial charge in [0.05, 0.1) is 5.56 Å². The summed E-state index contributed by atoms with van der Waals surface area (Å²) in [5.74, 6) is -5.34. The summed E-state index contributed by atoms with van der Waals surface area (Å²) in [6.07, 6.45) is -3.52. The molecule has 0 unspecified atom stereocenters. The molecule has 2 atom stereocenters. The van der Waals surface area contributed by atoms with Gasteiger partial charge in [-0.25, -0.2) is 8.78 Å². The van der Waals surface area contributed by atoms with Gasteiger partial charge in [0.1, 0.15) is 16.8 Å². The molecule has 248 valence electrons. The van der Waals surface area contributed by atoms with Gasteiger partial charge in [-0.05, 0) is 55.8 Å². The third-order valence-electron chi connectivity index (χ3n) is 7.43. The van der Waals surface area contributed by atoms with Gasteiger partial charge in [0, 0.05) is 31.7 Å². The maximum Gasteiger partial charge on any atom is 0.573 e. The van der Waals surface area contributed by atoms with E-state index < -0.39 is 41.3 Å². The minimum absolute atomic E-state index is 0.0467. The van der Waals surface area contributed by atoms with E-state index in [0.29, 0.717) is 11.9 Å². The van der Waals surface area contributed by atoms with E-state index in [1.54, 1.807) is 0 Å². The Hall–Kier alpha value is -5.06. The number of benzene rings is 3. The SMILES string of the molecule is Fc1ccc2nc(N[C@@H]3CCNC3)oc2c1F.O=C(c1ccccc1OC(F)(F)F)N1CC[C@@H](Nc2nc3ccc(F)c(F)c3o2)C1. The fraction of sp³-hybridized carbons (Fsp3) is 0.300. The normalized spacial score (nSPS) is 18.0. The van der Waals surface area contributed by atoms with Crippen molar-refractivity contribution in [3.63, 3.8) is 0 Å². The van der Waals surface area contributed by atoms with Crippen LogP contribution in [0.4, 0.5) is 42.8 Å². The Labute approximate surface area is 260 Å². The molecule has 2 aromatic heterocycles. The molecule has 2 aliphatic rings. The zero-order valence-corrected chi connectivity index (χ0v) is 24.1. The number of aromatic nitrogens is 2. The molecule has 0 saturated carbocycles. The van der Waals surface area contributed by atoms with Gasteiger partial charge < -0.3 is 34.4 Å². The number of ether oxygens (including phenoxy) is 1. The minimum Gasteiger partial charge on any atom is -0.420 e. The minimum atomic E-state index is -4.92. The van der Waals surface area contributed by atoms with Crippen LogP contribution in [0.15, 0.2) is 57.4 Å².